The van der Waals surface area contributed by atoms with Crippen molar-refractivity contribution in [2.24, 2.45) is 0 Å². The maximum atomic E-state index is 8.72. The van der Waals surface area contributed by atoms with Crippen LogP contribution in [0.25, 0.3) is 11.0 Å². The summed E-state index contributed by atoms with van der Waals surface area (Å²) in [5.41, 5.74) is 2.60. The lowest BCUT2D eigenvalue weighted by molar-refractivity contribution is 0.298. The summed E-state index contributed by atoms with van der Waals surface area (Å²) in [5.74, 6) is 0. The summed E-state index contributed by atoms with van der Waals surface area (Å²) in [7, 11) is 0. The van der Waals surface area contributed by atoms with Gasteiger partial charge in [-0.15, -0.1) is 0 Å². The Labute approximate surface area is 69.3 Å². The molecule has 0 amide bonds. The Hall–Kier alpha value is -1.42. The Bertz CT molecular complexity index is 382. The fraction of sp³-hybridized carbons (Fsp3) is 0.250. The number of nitrogens with one attached hydrogen (secondary N) is 1. The molecule has 4 heteroatoms. The van der Waals surface area contributed by atoms with Gasteiger partial charge in [-0.3, -0.25) is 10.1 Å². The van der Waals surface area contributed by atoms with Crippen molar-refractivity contribution in [3.63, 3.8) is 0 Å². The maximum absolute atomic E-state index is 8.72. The van der Waals surface area contributed by atoms with Gasteiger partial charge in [-0.1, -0.05) is 0 Å². The Kier molecular flexibility index (Phi) is 1.75. The maximum Gasteiger partial charge on any atom is 0.111 e. The van der Waals surface area contributed by atoms with E-state index in [2.05, 4.69) is 15.2 Å². The van der Waals surface area contributed by atoms with Crippen LogP contribution in [0.15, 0.2) is 18.3 Å². The average Bonchev–Trinajstić information content (AvgIpc) is 2.50. The lowest BCUT2D eigenvalue weighted by Crippen LogP contribution is -1.91. The van der Waals surface area contributed by atoms with E-state index in [-0.39, 0.29) is 6.61 Å². The molecule has 0 aliphatic carbocycles. The second-order valence-corrected chi connectivity index (χ2v) is 2.55. The number of H-pyrrole nitrogens is 1. The number of rotatable bonds is 2. The molecule has 2 aromatic heterocycles. The predicted molar refractivity (Wildman–Crippen MR) is 44.7 cm³/mol. The van der Waals surface area contributed by atoms with Crippen LogP contribution in [0.3, 0.4) is 0 Å². The normalized spacial score (nSPS) is 10.8. The molecule has 0 spiro atoms. The first-order valence-electron chi connectivity index (χ1n) is 3.80. The number of hydrogen-bond donors (Lipinski definition) is 2. The van der Waals surface area contributed by atoms with Crippen LogP contribution in [0.1, 0.15) is 5.69 Å². The van der Waals surface area contributed by atoms with Crippen molar-refractivity contribution < 1.29 is 5.11 Å². The Morgan fingerprint density at radius 3 is 3.25 bits per heavy atom. The van der Waals surface area contributed by atoms with Gasteiger partial charge in [0.05, 0.1) is 5.69 Å². The number of fused-ring (bicyclic) bond motifs is 1. The first-order valence-corrected chi connectivity index (χ1v) is 3.80. The van der Waals surface area contributed by atoms with Gasteiger partial charge in [-0.25, -0.2) is 0 Å². The molecular formula is C8H9N3O. The summed E-state index contributed by atoms with van der Waals surface area (Å²) in [6.45, 7) is 0.119. The quantitative estimate of drug-likeness (QED) is 0.677. The van der Waals surface area contributed by atoms with Crippen molar-refractivity contribution in [2.45, 2.75) is 6.42 Å². The van der Waals surface area contributed by atoms with Crippen LogP contribution in [-0.4, -0.2) is 26.9 Å². The van der Waals surface area contributed by atoms with E-state index in [0.29, 0.717) is 6.42 Å². The lowest BCUT2D eigenvalue weighted by atomic mass is 10.2. The van der Waals surface area contributed by atoms with Crippen molar-refractivity contribution in [3.8, 4) is 0 Å². The number of aliphatic hydroxyl groups excluding tert-OH is 1. The summed E-state index contributed by atoms with van der Waals surface area (Å²) in [4.78, 5) is 4.15. The number of pyridine rings is 1. The van der Waals surface area contributed by atoms with Crippen molar-refractivity contribution in [2.75, 3.05) is 6.61 Å². The smallest absolute Gasteiger partial charge is 0.111 e. The lowest BCUT2D eigenvalue weighted by Gasteiger charge is -1.91. The molecule has 0 saturated heterocycles. The number of aliphatic hydroxyl groups is 1. The van der Waals surface area contributed by atoms with E-state index >= 15 is 0 Å². The highest BCUT2D eigenvalue weighted by molar-refractivity contribution is 5.76. The van der Waals surface area contributed by atoms with Gasteiger partial charge in [0.2, 0.25) is 0 Å². The highest BCUT2D eigenvalue weighted by Crippen LogP contribution is 2.11. The van der Waals surface area contributed by atoms with Gasteiger partial charge in [0.1, 0.15) is 11.0 Å². The van der Waals surface area contributed by atoms with Crippen molar-refractivity contribution in [3.05, 3.63) is 24.0 Å². The largest absolute Gasteiger partial charge is 0.396 e. The van der Waals surface area contributed by atoms with Crippen LogP contribution in [0, 0.1) is 0 Å². The monoisotopic (exact) mass is 163 g/mol. The van der Waals surface area contributed by atoms with E-state index in [0.717, 1.165) is 16.7 Å². The van der Waals surface area contributed by atoms with Gasteiger partial charge in [-0.05, 0) is 12.1 Å². The van der Waals surface area contributed by atoms with E-state index in [4.69, 9.17) is 5.11 Å². The van der Waals surface area contributed by atoms with Crippen LogP contribution < -0.4 is 0 Å². The molecule has 0 atom stereocenters. The zero-order valence-corrected chi connectivity index (χ0v) is 6.49. The van der Waals surface area contributed by atoms with E-state index in [1.54, 1.807) is 6.20 Å². The van der Waals surface area contributed by atoms with Gasteiger partial charge in [-0.2, -0.15) is 5.10 Å². The fourth-order valence-electron chi connectivity index (χ4n) is 1.19. The molecule has 2 aromatic rings. The summed E-state index contributed by atoms with van der Waals surface area (Å²) in [5, 5.41) is 15.6. The molecule has 12 heavy (non-hydrogen) atoms. The van der Waals surface area contributed by atoms with Crippen LogP contribution in [0.5, 0.6) is 0 Å². The summed E-state index contributed by atoms with van der Waals surface area (Å²) in [6.07, 6.45) is 2.30. The van der Waals surface area contributed by atoms with Gasteiger partial charge >= 0.3 is 0 Å². The van der Waals surface area contributed by atoms with Crippen LogP contribution in [0.4, 0.5) is 0 Å². The standard InChI is InChI=1S/C8H9N3O/c12-5-3-7-8-6(10-11-7)2-1-4-9-8/h1-2,4,12H,3,5H2,(H,10,11). The third kappa shape index (κ3) is 1.06. The number of nitrogens with zero attached hydrogens (tertiary/aromatic N) is 2. The molecule has 0 aromatic carbocycles. The molecule has 2 rings (SSSR count). The molecule has 0 saturated carbocycles. The number of aromatic amines is 1. The van der Waals surface area contributed by atoms with Gasteiger partial charge < -0.3 is 5.11 Å². The topological polar surface area (TPSA) is 61.8 Å². The fourth-order valence-corrected chi connectivity index (χ4v) is 1.19. The minimum atomic E-state index is 0.119. The van der Waals surface area contributed by atoms with Crippen LogP contribution in [0.2, 0.25) is 0 Å². The zero-order chi connectivity index (χ0) is 8.39. The van der Waals surface area contributed by atoms with Crippen molar-refractivity contribution >= 4 is 11.0 Å². The van der Waals surface area contributed by atoms with Crippen LogP contribution in [-0.2, 0) is 6.42 Å². The Morgan fingerprint density at radius 1 is 1.50 bits per heavy atom. The summed E-state index contributed by atoms with van der Waals surface area (Å²) < 4.78 is 0. The molecule has 4 nitrogen and oxygen atoms in total. The molecule has 62 valence electrons. The number of aromatic nitrogens is 3. The predicted octanol–water partition coefficient (Wildman–Crippen LogP) is 0.493. The molecule has 0 radical (unpaired) electrons. The van der Waals surface area contributed by atoms with Gasteiger partial charge in [0.15, 0.2) is 0 Å². The molecule has 2 N–H and O–H groups in total. The third-order valence-corrected chi connectivity index (χ3v) is 1.75. The zero-order valence-electron chi connectivity index (χ0n) is 6.49. The Balaban J connectivity index is 2.55. The molecule has 2 heterocycles. The third-order valence-electron chi connectivity index (χ3n) is 1.75. The van der Waals surface area contributed by atoms with E-state index in [1.807, 2.05) is 12.1 Å². The summed E-state index contributed by atoms with van der Waals surface area (Å²) >= 11 is 0. The SMILES string of the molecule is OCCc1[nH]nc2cccnc12. The molecule has 0 fully saturated rings. The molecule has 0 unspecified atom stereocenters. The van der Waals surface area contributed by atoms with Crippen molar-refractivity contribution in [1.82, 2.24) is 15.2 Å². The van der Waals surface area contributed by atoms with E-state index in [1.165, 1.54) is 0 Å². The van der Waals surface area contributed by atoms with Gasteiger partial charge in [0, 0.05) is 19.2 Å². The van der Waals surface area contributed by atoms with Crippen molar-refractivity contribution in [1.29, 1.82) is 0 Å². The minimum absolute atomic E-state index is 0.119. The van der Waals surface area contributed by atoms with E-state index in [9.17, 15) is 0 Å². The second kappa shape index (κ2) is 2.91. The summed E-state index contributed by atoms with van der Waals surface area (Å²) in [6, 6.07) is 3.73. The Morgan fingerprint density at radius 2 is 2.42 bits per heavy atom. The first kappa shape index (κ1) is 7.24. The molecule has 0 aliphatic heterocycles. The first-order chi connectivity index (χ1) is 5.92. The molecule has 0 aliphatic rings. The van der Waals surface area contributed by atoms with Crippen LogP contribution >= 0.6 is 0 Å². The second-order valence-electron chi connectivity index (χ2n) is 2.55. The molecular weight excluding hydrogens is 154 g/mol. The minimum Gasteiger partial charge on any atom is -0.396 e. The average molecular weight is 163 g/mol. The highest BCUT2D eigenvalue weighted by atomic mass is 16.3. The van der Waals surface area contributed by atoms with E-state index < -0.39 is 0 Å². The van der Waals surface area contributed by atoms with Gasteiger partial charge in [0.25, 0.3) is 0 Å². The number of hydrogen-bond acceptors (Lipinski definition) is 3. The highest BCUT2D eigenvalue weighted by Gasteiger charge is 2.03. The molecule has 0 bridgehead atoms.